The number of nitrogens with one attached hydrogen (secondary N) is 1. The summed E-state index contributed by atoms with van der Waals surface area (Å²) in [5, 5.41) is 26.9. The van der Waals surface area contributed by atoms with Gasteiger partial charge in [0.15, 0.2) is 0 Å². The van der Waals surface area contributed by atoms with Crippen molar-refractivity contribution >= 4 is 17.5 Å². The quantitative estimate of drug-likeness (QED) is 0.619. The van der Waals surface area contributed by atoms with Crippen molar-refractivity contribution in [3.05, 3.63) is 51.8 Å². The number of fused-ring (bicyclic) bond motifs is 1. The first-order valence-electron chi connectivity index (χ1n) is 5.93. The molecule has 0 radical (unpaired) electrons. The van der Waals surface area contributed by atoms with Crippen molar-refractivity contribution < 1.29 is 4.92 Å². The van der Waals surface area contributed by atoms with Crippen molar-refractivity contribution in [1.82, 2.24) is 14.8 Å². The van der Waals surface area contributed by atoms with Crippen LogP contribution in [0, 0.1) is 21.4 Å². The van der Waals surface area contributed by atoms with Gasteiger partial charge < -0.3 is 11.1 Å². The van der Waals surface area contributed by atoms with E-state index in [2.05, 4.69) is 15.4 Å². The van der Waals surface area contributed by atoms with E-state index >= 15 is 0 Å². The van der Waals surface area contributed by atoms with Crippen LogP contribution in [-0.2, 0) is 0 Å². The van der Waals surface area contributed by atoms with Gasteiger partial charge in [-0.3, -0.25) is 10.1 Å². The molecule has 1 atom stereocenters. The molecule has 0 unspecified atom stereocenters. The number of anilines is 1. The zero-order chi connectivity index (χ0) is 15.0. The molecule has 1 aliphatic heterocycles. The molecule has 1 aromatic heterocycles. The van der Waals surface area contributed by atoms with E-state index in [1.165, 1.54) is 23.1 Å². The highest BCUT2D eigenvalue weighted by Crippen LogP contribution is 2.32. The van der Waals surface area contributed by atoms with Crippen molar-refractivity contribution in [2.45, 2.75) is 6.04 Å². The number of aromatic nitrogens is 3. The Morgan fingerprint density at radius 3 is 2.76 bits per heavy atom. The third kappa shape index (κ3) is 1.95. The van der Waals surface area contributed by atoms with Gasteiger partial charge in [0, 0.05) is 12.1 Å². The summed E-state index contributed by atoms with van der Waals surface area (Å²) in [6.45, 7) is 0. The molecule has 9 nitrogen and oxygen atoms in total. The van der Waals surface area contributed by atoms with Gasteiger partial charge in [0.05, 0.1) is 16.5 Å². The maximum absolute atomic E-state index is 10.7. The first-order chi connectivity index (χ1) is 10.1. The maximum atomic E-state index is 10.7. The Labute approximate surface area is 118 Å². The van der Waals surface area contributed by atoms with E-state index in [9.17, 15) is 15.4 Å². The average Bonchev–Trinajstić information content (AvgIpc) is 2.96. The molecule has 3 rings (SSSR count). The van der Waals surface area contributed by atoms with E-state index in [0.717, 1.165) is 0 Å². The fraction of sp³-hybridized carbons (Fsp3) is 0.0833. The number of benzene rings is 1. The smallest absolute Gasteiger partial charge is 0.269 e. The Balaban J connectivity index is 2.05. The van der Waals surface area contributed by atoms with Gasteiger partial charge in [0.25, 0.3) is 5.69 Å². The number of nitro benzene ring substituents is 1. The number of hydrogen-bond acceptors (Lipinski definition) is 7. The summed E-state index contributed by atoms with van der Waals surface area (Å²) in [5.74, 6) is 0.599. The fourth-order valence-electron chi connectivity index (χ4n) is 2.14. The normalized spacial score (nSPS) is 16.8. The third-order valence-corrected chi connectivity index (χ3v) is 3.17. The zero-order valence-electron chi connectivity index (χ0n) is 10.6. The lowest BCUT2D eigenvalue weighted by molar-refractivity contribution is -0.384. The first kappa shape index (κ1) is 12.6. The van der Waals surface area contributed by atoms with Crippen molar-refractivity contribution in [1.29, 1.82) is 5.26 Å². The van der Waals surface area contributed by atoms with E-state index in [-0.39, 0.29) is 17.1 Å². The molecule has 0 amide bonds. The number of nitrogens with zero attached hydrogens (tertiary/aromatic N) is 5. The largest absolute Gasteiger partial charge is 0.383 e. The van der Waals surface area contributed by atoms with Crippen LogP contribution in [0.3, 0.4) is 0 Å². The minimum Gasteiger partial charge on any atom is -0.383 e. The molecule has 1 aromatic carbocycles. The van der Waals surface area contributed by atoms with E-state index in [1.807, 2.05) is 6.07 Å². The van der Waals surface area contributed by atoms with Crippen LogP contribution in [0.2, 0.25) is 0 Å². The van der Waals surface area contributed by atoms with E-state index in [0.29, 0.717) is 11.5 Å². The molecule has 1 aliphatic rings. The third-order valence-electron chi connectivity index (χ3n) is 3.17. The lowest BCUT2D eigenvalue weighted by atomic mass is 9.98. The number of nitro groups is 1. The highest BCUT2D eigenvalue weighted by Gasteiger charge is 2.28. The molecular weight excluding hydrogens is 274 g/mol. The van der Waals surface area contributed by atoms with Crippen molar-refractivity contribution in [2.24, 2.45) is 5.73 Å². The van der Waals surface area contributed by atoms with Crippen molar-refractivity contribution in [3.63, 3.8) is 0 Å². The molecular formula is C12H9N7O2. The standard InChI is InChI=1S/C12H9N7O2/c13-5-9-10(7-1-3-8(4-2-7)19(20)21)17-12-15-6-16-18(12)11(9)14/h1-4,6,10H,14H2,(H,15,16,17)/t10-/m1/s1. The maximum Gasteiger partial charge on any atom is 0.269 e. The lowest BCUT2D eigenvalue weighted by Gasteiger charge is -2.25. The second kappa shape index (κ2) is 4.61. The van der Waals surface area contributed by atoms with Gasteiger partial charge in [-0.1, -0.05) is 0 Å². The Morgan fingerprint density at radius 1 is 1.43 bits per heavy atom. The number of nitriles is 1. The lowest BCUT2D eigenvalue weighted by Crippen LogP contribution is -2.27. The SMILES string of the molecule is N#CC1=C(N)n2ncnc2N[C@@H]1c1ccc([N+](=O)[O-])cc1. The van der Waals surface area contributed by atoms with Crippen LogP contribution in [0.1, 0.15) is 11.6 Å². The fourth-order valence-corrected chi connectivity index (χ4v) is 2.14. The number of nitrogens with two attached hydrogens (primary N) is 1. The molecule has 0 bridgehead atoms. The van der Waals surface area contributed by atoms with Crippen LogP contribution in [-0.4, -0.2) is 19.7 Å². The Kier molecular flexibility index (Phi) is 2.77. The van der Waals surface area contributed by atoms with Crippen LogP contribution in [0.15, 0.2) is 36.2 Å². The predicted molar refractivity (Wildman–Crippen MR) is 72.5 cm³/mol. The molecule has 21 heavy (non-hydrogen) atoms. The van der Waals surface area contributed by atoms with E-state index in [4.69, 9.17) is 5.73 Å². The van der Waals surface area contributed by atoms with E-state index in [1.54, 1.807) is 12.1 Å². The second-order valence-corrected chi connectivity index (χ2v) is 4.33. The van der Waals surface area contributed by atoms with Gasteiger partial charge in [-0.15, -0.1) is 0 Å². The minimum atomic E-state index is -0.521. The van der Waals surface area contributed by atoms with Gasteiger partial charge >= 0.3 is 0 Å². The highest BCUT2D eigenvalue weighted by molar-refractivity contribution is 5.65. The second-order valence-electron chi connectivity index (χ2n) is 4.33. The number of non-ortho nitro benzene ring substituents is 1. The summed E-state index contributed by atoms with van der Waals surface area (Å²) < 4.78 is 1.33. The molecule has 3 N–H and O–H groups in total. The zero-order valence-corrected chi connectivity index (χ0v) is 10.6. The van der Waals surface area contributed by atoms with Crippen LogP contribution >= 0.6 is 0 Å². The molecule has 0 saturated heterocycles. The Hall–Kier alpha value is -3.41. The van der Waals surface area contributed by atoms with E-state index < -0.39 is 11.0 Å². The van der Waals surface area contributed by atoms with Crippen LogP contribution in [0.5, 0.6) is 0 Å². The van der Waals surface area contributed by atoms with Crippen LogP contribution < -0.4 is 11.1 Å². The Bertz CT molecular complexity index is 785. The van der Waals surface area contributed by atoms with Crippen molar-refractivity contribution in [2.75, 3.05) is 5.32 Å². The van der Waals surface area contributed by atoms with Crippen LogP contribution in [0.25, 0.3) is 5.82 Å². The van der Waals surface area contributed by atoms with Gasteiger partial charge in [-0.25, -0.2) is 0 Å². The average molecular weight is 283 g/mol. The first-order valence-corrected chi connectivity index (χ1v) is 5.93. The summed E-state index contributed by atoms with van der Waals surface area (Å²) in [7, 11) is 0. The Morgan fingerprint density at radius 2 is 2.14 bits per heavy atom. The minimum absolute atomic E-state index is 0.0202. The van der Waals surface area contributed by atoms with Crippen LogP contribution in [0.4, 0.5) is 11.6 Å². The van der Waals surface area contributed by atoms with Gasteiger partial charge in [-0.05, 0) is 17.7 Å². The topological polar surface area (TPSA) is 136 Å². The monoisotopic (exact) mass is 283 g/mol. The molecule has 0 aliphatic carbocycles. The summed E-state index contributed by atoms with van der Waals surface area (Å²) in [5.41, 5.74) is 6.86. The van der Waals surface area contributed by atoms with Gasteiger partial charge in [0.1, 0.15) is 18.2 Å². The van der Waals surface area contributed by atoms with Gasteiger partial charge in [-0.2, -0.15) is 20.0 Å². The summed E-state index contributed by atoms with van der Waals surface area (Å²) in [4.78, 5) is 14.2. The highest BCUT2D eigenvalue weighted by atomic mass is 16.6. The summed E-state index contributed by atoms with van der Waals surface area (Å²) in [6, 6.07) is 7.42. The molecule has 0 fully saturated rings. The molecule has 104 valence electrons. The molecule has 0 spiro atoms. The molecule has 2 aromatic rings. The predicted octanol–water partition coefficient (Wildman–Crippen LogP) is 1.00. The summed E-state index contributed by atoms with van der Waals surface area (Å²) >= 11 is 0. The molecule has 9 heteroatoms. The van der Waals surface area contributed by atoms with Crippen molar-refractivity contribution in [3.8, 4) is 6.07 Å². The number of rotatable bonds is 2. The molecule has 2 heterocycles. The van der Waals surface area contributed by atoms with Gasteiger partial charge in [0.2, 0.25) is 5.95 Å². The number of hydrogen-bond donors (Lipinski definition) is 2. The summed E-state index contributed by atoms with van der Waals surface area (Å²) in [6.07, 6.45) is 1.32. The molecule has 0 saturated carbocycles.